The molecule has 5 aromatic rings. The molecule has 5 rings (SSSR count). The van der Waals surface area contributed by atoms with Crippen LogP contribution in [0.4, 0.5) is 5.69 Å². The molecule has 0 aliphatic carbocycles. The Hall–Kier alpha value is -4.40. The third-order valence-corrected chi connectivity index (χ3v) is 8.18. The number of nitrogens with zero attached hydrogens (tertiary/aromatic N) is 1. The van der Waals surface area contributed by atoms with Gasteiger partial charge in [-0.05, 0) is 59.3 Å². The van der Waals surface area contributed by atoms with Gasteiger partial charge in [-0.2, -0.15) is 0 Å². The third kappa shape index (κ3) is 5.30. The molecule has 1 heterocycles. The van der Waals surface area contributed by atoms with E-state index >= 15 is 0 Å². The van der Waals surface area contributed by atoms with Crippen LogP contribution in [-0.4, -0.2) is 20.9 Å². The number of fused-ring (bicyclic) bond motifs is 3. The fraction of sp³-hybridized carbons (Fsp3) is 0.0667. The van der Waals surface area contributed by atoms with Gasteiger partial charge in [-0.1, -0.05) is 54.1 Å². The largest absolute Gasteiger partial charge is 0.457 e. The van der Waals surface area contributed by atoms with E-state index in [1.54, 1.807) is 30.3 Å². The molecule has 1 aromatic heterocycles. The van der Waals surface area contributed by atoms with Crippen LogP contribution in [0.15, 0.2) is 118 Å². The van der Waals surface area contributed by atoms with Crippen molar-refractivity contribution in [2.75, 3.05) is 10.8 Å². The third-order valence-electron chi connectivity index (χ3n) is 6.14. The molecule has 9 heteroatoms. The van der Waals surface area contributed by atoms with Crippen LogP contribution in [-0.2, 0) is 21.4 Å². The van der Waals surface area contributed by atoms with E-state index in [1.165, 1.54) is 40.7 Å². The summed E-state index contributed by atoms with van der Waals surface area (Å²) in [5.74, 6) is -0.740. The van der Waals surface area contributed by atoms with Gasteiger partial charge in [0.2, 0.25) is 0 Å². The first-order valence-corrected chi connectivity index (χ1v) is 13.7. The van der Waals surface area contributed by atoms with Crippen molar-refractivity contribution in [3.63, 3.8) is 0 Å². The molecule has 39 heavy (non-hydrogen) atoms. The van der Waals surface area contributed by atoms with E-state index in [2.05, 4.69) is 6.58 Å². The molecule has 0 bridgehead atoms. The number of rotatable bonds is 8. The first-order chi connectivity index (χ1) is 18.8. The molecule has 7 nitrogen and oxygen atoms in total. The summed E-state index contributed by atoms with van der Waals surface area (Å²) in [7, 11) is -4.05. The van der Waals surface area contributed by atoms with Gasteiger partial charge in [0, 0.05) is 22.0 Å². The van der Waals surface area contributed by atoms with Crippen molar-refractivity contribution in [1.82, 2.24) is 0 Å². The monoisotopic (exact) mass is 559 g/mol. The Labute approximate surface area is 229 Å². The van der Waals surface area contributed by atoms with Gasteiger partial charge in [-0.15, -0.1) is 6.58 Å². The first kappa shape index (κ1) is 26.2. The average molecular weight is 560 g/mol. The highest BCUT2D eigenvalue weighted by molar-refractivity contribution is 7.92. The molecule has 0 aliphatic rings. The Kier molecular flexibility index (Phi) is 7.24. The summed E-state index contributed by atoms with van der Waals surface area (Å²) in [5.41, 5.74) is 0.735. The Morgan fingerprint density at radius 2 is 1.74 bits per heavy atom. The highest BCUT2D eigenvalue weighted by atomic mass is 35.5. The number of carbonyl (C=O) groups excluding carboxylic acids is 1. The summed E-state index contributed by atoms with van der Waals surface area (Å²) >= 11 is 5.96. The summed E-state index contributed by atoms with van der Waals surface area (Å²) in [6.45, 7) is 3.46. The van der Waals surface area contributed by atoms with Gasteiger partial charge in [-0.25, -0.2) is 18.0 Å². The molecule has 0 amide bonds. The van der Waals surface area contributed by atoms with E-state index in [9.17, 15) is 18.0 Å². The smallest absolute Gasteiger partial charge is 0.338 e. The van der Waals surface area contributed by atoms with Crippen LogP contribution in [0.3, 0.4) is 0 Å². The molecule has 0 saturated carbocycles. The maximum Gasteiger partial charge on any atom is 0.338 e. The molecule has 0 unspecified atom stereocenters. The van der Waals surface area contributed by atoms with Crippen molar-refractivity contribution < 1.29 is 22.4 Å². The summed E-state index contributed by atoms with van der Waals surface area (Å²) < 4.78 is 39.1. The standard InChI is InChI=1S/C30H22ClNO6S/c1-2-16-32(24-13-11-23(31)12-14-24)39(35,36)25-8-5-7-21(17-25)30(34)37-19-22-18-28(33)38-27-15-10-20-6-3-4-9-26(20)29(22)27/h2-15,17-18H,1,16,19H2. The molecule has 0 spiro atoms. The predicted molar refractivity (Wildman–Crippen MR) is 152 cm³/mol. The summed E-state index contributed by atoms with van der Waals surface area (Å²) in [6.07, 6.45) is 1.47. The fourth-order valence-corrected chi connectivity index (χ4v) is 5.95. The van der Waals surface area contributed by atoms with Crippen molar-refractivity contribution in [3.05, 3.63) is 130 Å². The van der Waals surface area contributed by atoms with Gasteiger partial charge in [0.05, 0.1) is 22.7 Å². The second-order valence-corrected chi connectivity index (χ2v) is 11.0. The van der Waals surface area contributed by atoms with Crippen molar-refractivity contribution in [2.24, 2.45) is 0 Å². The van der Waals surface area contributed by atoms with Crippen LogP contribution in [0.1, 0.15) is 15.9 Å². The minimum atomic E-state index is -4.05. The van der Waals surface area contributed by atoms with E-state index in [0.717, 1.165) is 10.8 Å². The Morgan fingerprint density at radius 3 is 2.51 bits per heavy atom. The predicted octanol–water partition coefficient (Wildman–Crippen LogP) is 6.34. The fourth-order valence-electron chi connectivity index (χ4n) is 4.34. The van der Waals surface area contributed by atoms with Gasteiger partial charge in [0.15, 0.2) is 0 Å². The van der Waals surface area contributed by atoms with E-state index < -0.39 is 21.6 Å². The number of hydrogen-bond acceptors (Lipinski definition) is 6. The number of carbonyl (C=O) groups is 1. The number of halogens is 1. The molecular formula is C30H22ClNO6S. The molecule has 4 aromatic carbocycles. The lowest BCUT2D eigenvalue weighted by Crippen LogP contribution is -2.31. The molecule has 0 fully saturated rings. The Balaban J connectivity index is 1.44. The molecule has 196 valence electrons. The zero-order chi connectivity index (χ0) is 27.6. The maximum atomic E-state index is 13.5. The molecule has 0 saturated heterocycles. The minimum absolute atomic E-state index is 0.0102. The van der Waals surface area contributed by atoms with Crippen molar-refractivity contribution in [1.29, 1.82) is 0 Å². The van der Waals surface area contributed by atoms with E-state index in [-0.39, 0.29) is 23.6 Å². The number of anilines is 1. The van der Waals surface area contributed by atoms with Crippen LogP contribution in [0.25, 0.3) is 21.7 Å². The van der Waals surface area contributed by atoms with Crippen molar-refractivity contribution in [3.8, 4) is 0 Å². The van der Waals surface area contributed by atoms with Crippen LogP contribution in [0, 0.1) is 0 Å². The summed E-state index contributed by atoms with van der Waals surface area (Å²) in [6, 6.07) is 24.4. The second kappa shape index (κ2) is 10.8. The van der Waals surface area contributed by atoms with E-state index in [4.69, 9.17) is 20.8 Å². The Morgan fingerprint density at radius 1 is 0.974 bits per heavy atom. The molecular weight excluding hydrogens is 538 g/mol. The van der Waals surface area contributed by atoms with Crippen LogP contribution in [0.2, 0.25) is 5.02 Å². The number of esters is 1. The zero-order valence-corrected chi connectivity index (χ0v) is 22.1. The van der Waals surface area contributed by atoms with Crippen LogP contribution in [0.5, 0.6) is 0 Å². The molecule has 0 aliphatic heterocycles. The van der Waals surface area contributed by atoms with E-state index in [1.807, 2.05) is 30.3 Å². The van der Waals surface area contributed by atoms with E-state index in [0.29, 0.717) is 27.2 Å². The lowest BCUT2D eigenvalue weighted by molar-refractivity contribution is 0.0473. The number of sulfonamides is 1. The van der Waals surface area contributed by atoms with Gasteiger partial charge in [-0.3, -0.25) is 4.31 Å². The maximum absolute atomic E-state index is 13.5. The minimum Gasteiger partial charge on any atom is -0.457 e. The second-order valence-electron chi connectivity index (χ2n) is 8.66. The lowest BCUT2D eigenvalue weighted by Gasteiger charge is -2.23. The summed E-state index contributed by atoms with van der Waals surface area (Å²) in [5, 5.41) is 2.92. The topological polar surface area (TPSA) is 93.9 Å². The normalized spacial score (nSPS) is 11.4. The Bertz CT molecular complexity index is 1880. The van der Waals surface area contributed by atoms with Crippen LogP contribution >= 0.6 is 11.6 Å². The first-order valence-electron chi connectivity index (χ1n) is 11.9. The molecule has 0 radical (unpaired) electrons. The van der Waals surface area contributed by atoms with Gasteiger partial charge < -0.3 is 9.15 Å². The quantitative estimate of drug-likeness (QED) is 0.0953. The average Bonchev–Trinajstić information content (AvgIpc) is 2.94. The van der Waals surface area contributed by atoms with Gasteiger partial charge in [0.25, 0.3) is 10.0 Å². The number of hydrogen-bond donors (Lipinski definition) is 0. The van der Waals surface area contributed by atoms with Gasteiger partial charge in [0.1, 0.15) is 12.2 Å². The lowest BCUT2D eigenvalue weighted by atomic mass is 10.0. The molecule has 0 atom stereocenters. The van der Waals surface area contributed by atoms with Gasteiger partial charge >= 0.3 is 11.6 Å². The SMILES string of the molecule is C=CCN(c1ccc(Cl)cc1)S(=O)(=O)c1cccc(C(=O)OCc2cc(=O)oc3ccc4ccccc4c23)c1. The van der Waals surface area contributed by atoms with Crippen molar-refractivity contribution in [2.45, 2.75) is 11.5 Å². The molecule has 0 N–H and O–H groups in total. The number of ether oxygens (including phenoxy) is 1. The highest BCUT2D eigenvalue weighted by Gasteiger charge is 2.25. The summed E-state index contributed by atoms with van der Waals surface area (Å²) in [4.78, 5) is 25.1. The number of benzene rings is 4. The van der Waals surface area contributed by atoms with Crippen molar-refractivity contribution >= 4 is 55.0 Å². The van der Waals surface area contributed by atoms with Crippen LogP contribution < -0.4 is 9.93 Å². The zero-order valence-electron chi connectivity index (χ0n) is 20.5. The highest BCUT2D eigenvalue weighted by Crippen LogP contribution is 2.29.